The van der Waals surface area contributed by atoms with E-state index in [0.717, 1.165) is 18.8 Å². The van der Waals surface area contributed by atoms with Crippen molar-refractivity contribution in [2.24, 2.45) is 0 Å². The largest absolute Gasteiger partial charge is 0.377 e. The van der Waals surface area contributed by atoms with Crippen molar-refractivity contribution in [1.29, 1.82) is 0 Å². The quantitative estimate of drug-likeness (QED) is 0.405. The summed E-state index contributed by atoms with van der Waals surface area (Å²) in [5.74, 6) is 1.00. The molecular weight excluding hydrogens is 292 g/mol. The first-order valence-electron chi connectivity index (χ1n) is 7.74. The van der Waals surface area contributed by atoms with Crippen LogP contribution in [0.5, 0.6) is 0 Å². The van der Waals surface area contributed by atoms with Crippen LogP contribution in [0, 0.1) is 0 Å². The van der Waals surface area contributed by atoms with Gasteiger partial charge in [-0.15, -0.1) is 11.8 Å². The first kappa shape index (κ1) is 15.6. The summed E-state index contributed by atoms with van der Waals surface area (Å²) in [6.07, 6.45) is 1.30. The summed E-state index contributed by atoms with van der Waals surface area (Å²) in [6, 6.07) is 20.8. The van der Waals surface area contributed by atoms with Gasteiger partial charge in [-0.1, -0.05) is 48.5 Å². The second-order valence-corrected chi connectivity index (χ2v) is 6.90. The lowest BCUT2D eigenvalue weighted by atomic mass is 10.1. The highest BCUT2D eigenvalue weighted by atomic mass is 32.2. The molecule has 2 atom stereocenters. The van der Waals surface area contributed by atoms with Crippen molar-refractivity contribution in [1.82, 2.24) is 0 Å². The zero-order valence-corrected chi connectivity index (χ0v) is 13.7. The number of benzene rings is 2. The van der Waals surface area contributed by atoms with Crippen LogP contribution in [0.15, 0.2) is 65.6 Å². The number of hydrogen-bond acceptors (Lipinski definition) is 3. The van der Waals surface area contributed by atoms with Crippen LogP contribution in [-0.2, 0) is 16.1 Å². The third-order valence-electron chi connectivity index (χ3n) is 3.94. The molecule has 22 heavy (non-hydrogen) atoms. The Bertz CT molecular complexity index is 573. The molecule has 0 N–H and O–H groups in total. The van der Waals surface area contributed by atoms with Gasteiger partial charge in [0.25, 0.3) is 0 Å². The zero-order valence-electron chi connectivity index (χ0n) is 12.9. The lowest BCUT2D eigenvalue weighted by Gasteiger charge is -2.07. The lowest BCUT2D eigenvalue weighted by Crippen LogP contribution is -2.14. The molecule has 2 nitrogen and oxygen atoms in total. The average Bonchev–Trinajstić information content (AvgIpc) is 3.22. The molecule has 1 aliphatic heterocycles. The van der Waals surface area contributed by atoms with Gasteiger partial charge in [-0.25, -0.2) is 0 Å². The fraction of sp³-hybridized carbons (Fsp3) is 0.368. The van der Waals surface area contributed by atoms with Gasteiger partial charge in [0.05, 0.1) is 12.7 Å². The Hall–Kier alpha value is -1.29. The Morgan fingerprint density at radius 2 is 1.73 bits per heavy atom. The molecule has 0 saturated carbocycles. The van der Waals surface area contributed by atoms with Gasteiger partial charge in [-0.3, -0.25) is 0 Å². The highest BCUT2D eigenvalue weighted by Crippen LogP contribution is 2.42. The van der Waals surface area contributed by atoms with Gasteiger partial charge in [-0.05, 0) is 31.0 Å². The Balaban J connectivity index is 1.33. The molecule has 0 radical (unpaired) electrons. The van der Waals surface area contributed by atoms with E-state index in [4.69, 9.17) is 9.47 Å². The van der Waals surface area contributed by atoms with Crippen molar-refractivity contribution in [3.05, 3.63) is 66.2 Å². The van der Waals surface area contributed by atoms with E-state index >= 15 is 0 Å². The highest BCUT2D eigenvalue weighted by molar-refractivity contribution is 7.99. The van der Waals surface area contributed by atoms with Gasteiger partial charge in [0.15, 0.2) is 0 Å². The smallest absolute Gasteiger partial charge is 0.101 e. The minimum Gasteiger partial charge on any atom is -0.377 e. The molecule has 0 bridgehead atoms. The van der Waals surface area contributed by atoms with E-state index in [1.165, 1.54) is 10.5 Å². The molecule has 0 spiro atoms. The van der Waals surface area contributed by atoms with Crippen molar-refractivity contribution < 1.29 is 9.47 Å². The van der Waals surface area contributed by atoms with E-state index in [9.17, 15) is 0 Å². The van der Waals surface area contributed by atoms with Crippen LogP contribution in [0.4, 0.5) is 0 Å². The highest BCUT2D eigenvalue weighted by Gasteiger charge is 2.51. The van der Waals surface area contributed by atoms with Crippen molar-refractivity contribution >= 4 is 11.8 Å². The van der Waals surface area contributed by atoms with Crippen molar-refractivity contribution in [3.8, 4) is 0 Å². The second-order valence-electron chi connectivity index (χ2n) is 5.85. The molecule has 2 aromatic carbocycles. The summed E-state index contributed by atoms with van der Waals surface area (Å²) in [6.45, 7) is 3.64. The predicted octanol–water partition coefficient (Wildman–Crippen LogP) is 4.54. The number of rotatable bonds is 8. The maximum atomic E-state index is 5.88. The fourth-order valence-corrected chi connectivity index (χ4v) is 3.54. The van der Waals surface area contributed by atoms with E-state index in [1.807, 2.05) is 36.0 Å². The molecule has 1 heterocycles. The van der Waals surface area contributed by atoms with Crippen molar-refractivity contribution in [2.45, 2.75) is 36.6 Å². The van der Waals surface area contributed by atoms with Crippen molar-refractivity contribution in [3.63, 3.8) is 0 Å². The zero-order chi connectivity index (χ0) is 15.3. The second kappa shape index (κ2) is 7.32. The molecule has 3 rings (SSSR count). The van der Waals surface area contributed by atoms with Crippen LogP contribution in [0.3, 0.4) is 0 Å². The molecule has 0 amide bonds. The van der Waals surface area contributed by atoms with Gasteiger partial charge < -0.3 is 9.47 Å². The molecular formula is C19H22O2S. The van der Waals surface area contributed by atoms with Crippen LogP contribution < -0.4 is 0 Å². The van der Waals surface area contributed by atoms with Crippen LogP contribution in [-0.4, -0.2) is 24.1 Å². The van der Waals surface area contributed by atoms with E-state index in [0.29, 0.717) is 12.7 Å². The van der Waals surface area contributed by atoms with Crippen LogP contribution >= 0.6 is 11.8 Å². The monoisotopic (exact) mass is 314 g/mol. The van der Waals surface area contributed by atoms with Gasteiger partial charge in [-0.2, -0.15) is 0 Å². The summed E-state index contributed by atoms with van der Waals surface area (Å²) in [7, 11) is 0. The molecule has 0 unspecified atom stereocenters. The Labute approximate surface area is 136 Å². The minimum absolute atomic E-state index is 0.0105. The van der Waals surface area contributed by atoms with Crippen LogP contribution in [0.25, 0.3) is 0 Å². The predicted molar refractivity (Wildman–Crippen MR) is 91.2 cm³/mol. The molecule has 1 aliphatic rings. The standard InChI is InChI=1S/C19H22O2S/c1-19(15-22-17-10-6-3-7-11-17)18(21-19)12-13-20-14-16-8-4-2-5-9-16/h2-11,18H,12-15H2,1H3/t18-,19-/m0/s1. The Morgan fingerprint density at radius 3 is 2.45 bits per heavy atom. The topological polar surface area (TPSA) is 21.8 Å². The Morgan fingerprint density at radius 1 is 1.05 bits per heavy atom. The normalized spacial score (nSPS) is 23.4. The maximum Gasteiger partial charge on any atom is 0.101 e. The van der Waals surface area contributed by atoms with Gasteiger partial charge in [0, 0.05) is 17.3 Å². The molecule has 0 aromatic heterocycles. The number of ether oxygens (including phenoxy) is 2. The average molecular weight is 314 g/mol. The summed E-state index contributed by atoms with van der Waals surface area (Å²) in [5, 5.41) is 0. The number of hydrogen-bond donors (Lipinski definition) is 0. The molecule has 2 aromatic rings. The number of epoxide rings is 1. The molecule has 1 fully saturated rings. The van der Waals surface area contributed by atoms with Crippen LogP contribution in [0.1, 0.15) is 18.9 Å². The first-order chi connectivity index (χ1) is 10.8. The van der Waals surface area contributed by atoms with Gasteiger partial charge in [0.1, 0.15) is 5.60 Å². The molecule has 3 heteroatoms. The van der Waals surface area contributed by atoms with E-state index < -0.39 is 0 Å². The minimum atomic E-state index is 0.0105. The van der Waals surface area contributed by atoms with Crippen LogP contribution in [0.2, 0.25) is 0 Å². The Kier molecular flexibility index (Phi) is 5.19. The third-order valence-corrected chi connectivity index (χ3v) is 5.26. The van der Waals surface area contributed by atoms with Crippen molar-refractivity contribution in [2.75, 3.05) is 12.4 Å². The van der Waals surface area contributed by atoms with Gasteiger partial charge in [0.2, 0.25) is 0 Å². The molecule has 116 valence electrons. The van der Waals surface area contributed by atoms with E-state index in [2.05, 4.69) is 43.3 Å². The maximum absolute atomic E-state index is 5.88. The lowest BCUT2D eigenvalue weighted by molar-refractivity contribution is 0.113. The third kappa shape index (κ3) is 4.35. The van der Waals surface area contributed by atoms with E-state index in [-0.39, 0.29) is 5.60 Å². The SMILES string of the molecule is C[C@@]1(CSc2ccccc2)O[C@H]1CCOCc1ccccc1. The summed E-state index contributed by atoms with van der Waals surface area (Å²) < 4.78 is 11.6. The molecule has 1 saturated heterocycles. The summed E-state index contributed by atoms with van der Waals surface area (Å²) in [4.78, 5) is 1.30. The summed E-state index contributed by atoms with van der Waals surface area (Å²) in [5.41, 5.74) is 1.23. The fourth-order valence-electron chi connectivity index (χ4n) is 2.48. The molecule has 0 aliphatic carbocycles. The van der Waals surface area contributed by atoms with E-state index in [1.54, 1.807) is 0 Å². The summed E-state index contributed by atoms with van der Waals surface area (Å²) >= 11 is 1.86. The number of thioether (sulfide) groups is 1. The first-order valence-corrected chi connectivity index (χ1v) is 8.72. The van der Waals surface area contributed by atoms with Gasteiger partial charge >= 0.3 is 0 Å².